The van der Waals surface area contributed by atoms with Crippen LogP contribution in [0.3, 0.4) is 0 Å². The highest BCUT2D eigenvalue weighted by molar-refractivity contribution is 5.89. The van der Waals surface area contributed by atoms with E-state index >= 15 is 0 Å². The minimum absolute atomic E-state index is 0.0918. The molecule has 0 bridgehead atoms. The number of hydrogen-bond donors (Lipinski definition) is 0. The van der Waals surface area contributed by atoms with Crippen LogP contribution in [0.1, 0.15) is 93.0 Å². The van der Waals surface area contributed by atoms with E-state index in [1.165, 1.54) is 89.5 Å². The van der Waals surface area contributed by atoms with Crippen LogP contribution in [0.5, 0.6) is 0 Å². The molecule has 0 aliphatic heterocycles. The van der Waals surface area contributed by atoms with Gasteiger partial charge in [0, 0.05) is 45.0 Å². The molecule has 0 saturated carbocycles. The standard InChI is InChI=1S/C61H56N2/c1-41-17-15-16-22-58(41)63(47-29-27-44(28-30-47)59(2,3)4)49-32-36-53-51-34-26-43(38-55(51)61(7,8)57(53)40-49)24-23-42-25-33-50-52-35-31-48(39-56(52)60(5,6)54(50)37-42)62(45-18-11-9-12-19-45)46-20-13-10-14-21-46/h9-40H,1-8H3/b24-23+. The Morgan fingerprint density at radius 2 is 0.762 bits per heavy atom. The van der Waals surface area contributed by atoms with Crippen LogP contribution in [0.2, 0.25) is 0 Å². The van der Waals surface area contributed by atoms with Crippen molar-refractivity contribution in [2.75, 3.05) is 9.80 Å². The Morgan fingerprint density at radius 1 is 0.381 bits per heavy atom. The van der Waals surface area contributed by atoms with Crippen LogP contribution in [0.25, 0.3) is 34.4 Å². The first-order valence-electron chi connectivity index (χ1n) is 22.4. The molecule has 8 aromatic rings. The van der Waals surface area contributed by atoms with Gasteiger partial charge in [0.05, 0.1) is 0 Å². The lowest BCUT2D eigenvalue weighted by Crippen LogP contribution is -2.17. The van der Waals surface area contributed by atoms with Gasteiger partial charge in [-0.2, -0.15) is 0 Å². The predicted octanol–water partition coefficient (Wildman–Crippen LogP) is 17.0. The number of nitrogens with zero attached hydrogens (tertiary/aromatic N) is 2. The normalized spacial score (nSPS) is 14.2. The van der Waals surface area contributed by atoms with Crippen molar-refractivity contribution in [2.45, 2.75) is 71.6 Å². The first-order chi connectivity index (χ1) is 30.3. The van der Waals surface area contributed by atoms with Gasteiger partial charge >= 0.3 is 0 Å². The van der Waals surface area contributed by atoms with Gasteiger partial charge in [0.2, 0.25) is 0 Å². The minimum atomic E-state index is -0.170. The molecule has 63 heavy (non-hydrogen) atoms. The Morgan fingerprint density at radius 3 is 1.22 bits per heavy atom. The molecule has 0 spiro atoms. The van der Waals surface area contributed by atoms with Crippen molar-refractivity contribution in [1.82, 2.24) is 0 Å². The Bertz CT molecular complexity index is 3000. The highest BCUT2D eigenvalue weighted by atomic mass is 15.1. The van der Waals surface area contributed by atoms with E-state index < -0.39 is 0 Å². The quantitative estimate of drug-likeness (QED) is 0.141. The van der Waals surface area contributed by atoms with Gasteiger partial charge in [-0.1, -0.05) is 176 Å². The zero-order valence-electron chi connectivity index (χ0n) is 37.9. The fraction of sp³-hybridized carbons (Fsp3) is 0.180. The van der Waals surface area contributed by atoms with Crippen molar-refractivity contribution in [2.24, 2.45) is 0 Å². The second-order valence-electron chi connectivity index (χ2n) is 19.6. The van der Waals surface area contributed by atoms with Crippen molar-refractivity contribution < 1.29 is 0 Å². The highest BCUT2D eigenvalue weighted by Crippen LogP contribution is 2.53. The molecule has 0 saturated heterocycles. The molecule has 8 aromatic carbocycles. The Balaban J connectivity index is 0.942. The topological polar surface area (TPSA) is 6.48 Å². The molecule has 0 heterocycles. The van der Waals surface area contributed by atoms with E-state index in [0.29, 0.717) is 0 Å². The number of hydrogen-bond acceptors (Lipinski definition) is 2. The molecule has 2 aliphatic rings. The van der Waals surface area contributed by atoms with E-state index in [9.17, 15) is 0 Å². The van der Waals surface area contributed by atoms with Gasteiger partial charge in [-0.15, -0.1) is 0 Å². The monoisotopic (exact) mass is 816 g/mol. The van der Waals surface area contributed by atoms with Gasteiger partial charge in [-0.3, -0.25) is 0 Å². The first-order valence-corrected chi connectivity index (χ1v) is 22.4. The number of fused-ring (bicyclic) bond motifs is 6. The third kappa shape index (κ3) is 6.99. The molecular weight excluding hydrogens is 761 g/mol. The van der Waals surface area contributed by atoms with Gasteiger partial charge in [0.1, 0.15) is 0 Å². The summed E-state index contributed by atoms with van der Waals surface area (Å²) in [5.74, 6) is 0. The summed E-state index contributed by atoms with van der Waals surface area (Å²) in [6.45, 7) is 18.5. The first kappa shape index (κ1) is 40.2. The van der Waals surface area contributed by atoms with Crippen LogP contribution in [0, 0.1) is 6.92 Å². The maximum atomic E-state index is 2.43. The molecule has 0 fully saturated rings. The van der Waals surface area contributed by atoms with E-state index in [1.54, 1.807) is 0 Å². The van der Waals surface area contributed by atoms with E-state index in [4.69, 9.17) is 0 Å². The molecule has 0 radical (unpaired) electrons. The van der Waals surface area contributed by atoms with Crippen molar-refractivity contribution in [3.05, 3.63) is 226 Å². The maximum absolute atomic E-state index is 2.43. The van der Waals surface area contributed by atoms with E-state index in [0.717, 1.165) is 11.4 Å². The summed E-state index contributed by atoms with van der Waals surface area (Å²) >= 11 is 0. The van der Waals surface area contributed by atoms with Crippen LogP contribution in [-0.2, 0) is 16.2 Å². The zero-order chi connectivity index (χ0) is 43.7. The van der Waals surface area contributed by atoms with Gasteiger partial charge in [0.15, 0.2) is 0 Å². The maximum Gasteiger partial charge on any atom is 0.0490 e. The SMILES string of the molecule is Cc1ccccc1N(c1ccc(C(C)(C)C)cc1)c1ccc2c(c1)C(C)(C)c1cc(/C=C/c3ccc4c(c3)C(C)(C)c3cc(N(c5ccccc5)c5ccccc5)ccc3-4)ccc1-2. The Hall–Kier alpha value is -6.90. The molecule has 0 amide bonds. The van der Waals surface area contributed by atoms with Crippen LogP contribution in [-0.4, -0.2) is 0 Å². The minimum Gasteiger partial charge on any atom is -0.310 e. The molecule has 10 rings (SSSR count). The van der Waals surface area contributed by atoms with E-state index in [1.807, 2.05) is 0 Å². The molecule has 2 aliphatic carbocycles. The highest BCUT2D eigenvalue weighted by Gasteiger charge is 2.38. The van der Waals surface area contributed by atoms with Crippen LogP contribution in [0.4, 0.5) is 34.1 Å². The molecule has 0 atom stereocenters. The molecule has 310 valence electrons. The fourth-order valence-electron chi connectivity index (χ4n) is 10.1. The largest absolute Gasteiger partial charge is 0.310 e. The predicted molar refractivity (Wildman–Crippen MR) is 270 cm³/mol. The Labute approximate surface area is 374 Å². The van der Waals surface area contributed by atoms with E-state index in [2.05, 4.69) is 259 Å². The lowest BCUT2D eigenvalue weighted by atomic mass is 9.81. The Kier molecular flexibility index (Phi) is 9.68. The summed E-state index contributed by atoms with van der Waals surface area (Å²) in [6, 6.07) is 67.3. The molecule has 2 heteroatoms. The number of rotatable bonds is 8. The van der Waals surface area contributed by atoms with Gasteiger partial charge in [-0.25, -0.2) is 0 Å². The molecule has 2 nitrogen and oxygen atoms in total. The summed E-state index contributed by atoms with van der Waals surface area (Å²) in [6.07, 6.45) is 4.58. The van der Waals surface area contributed by atoms with E-state index in [-0.39, 0.29) is 16.2 Å². The lowest BCUT2D eigenvalue weighted by Gasteiger charge is -2.30. The van der Waals surface area contributed by atoms with Crippen molar-refractivity contribution in [3.63, 3.8) is 0 Å². The summed E-state index contributed by atoms with van der Waals surface area (Å²) in [5.41, 5.74) is 22.5. The van der Waals surface area contributed by atoms with Crippen LogP contribution < -0.4 is 9.80 Å². The number of anilines is 6. The summed E-state index contributed by atoms with van der Waals surface area (Å²) in [7, 11) is 0. The smallest absolute Gasteiger partial charge is 0.0490 e. The van der Waals surface area contributed by atoms with Gasteiger partial charge in [0.25, 0.3) is 0 Å². The third-order valence-electron chi connectivity index (χ3n) is 13.7. The van der Waals surface area contributed by atoms with Crippen molar-refractivity contribution >= 4 is 46.3 Å². The average molecular weight is 817 g/mol. The van der Waals surface area contributed by atoms with Crippen molar-refractivity contribution in [1.29, 1.82) is 0 Å². The van der Waals surface area contributed by atoms with Crippen LogP contribution >= 0.6 is 0 Å². The molecule has 0 unspecified atom stereocenters. The van der Waals surface area contributed by atoms with Gasteiger partial charge < -0.3 is 9.80 Å². The fourth-order valence-corrected chi connectivity index (χ4v) is 10.1. The summed E-state index contributed by atoms with van der Waals surface area (Å²) in [5, 5.41) is 0. The second-order valence-corrected chi connectivity index (χ2v) is 19.6. The van der Waals surface area contributed by atoms with Gasteiger partial charge in [-0.05, 0) is 146 Å². The third-order valence-corrected chi connectivity index (χ3v) is 13.7. The second kappa shape index (κ2) is 15.2. The summed E-state index contributed by atoms with van der Waals surface area (Å²) in [4.78, 5) is 4.78. The zero-order valence-corrected chi connectivity index (χ0v) is 37.9. The molecule has 0 N–H and O–H groups in total. The molecular formula is C61H56N2. The van der Waals surface area contributed by atoms with Crippen LogP contribution in [0.15, 0.2) is 182 Å². The molecule has 0 aromatic heterocycles. The average Bonchev–Trinajstić information content (AvgIpc) is 3.65. The lowest BCUT2D eigenvalue weighted by molar-refractivity contribution is 0.590. The van der Waals surface area contributed by atoms with Crippen molar-refractivity contribution in [3.8, 4) is 22.3 Å². The number of para-hydroxylation sites is 3. The summed E-state index contributed by atoms with van der Waals surface area (Å²) < 4.78 is 0. The number of aryl methyl sites for hydroxylation is 1. The number of benzene rings is 8.